The van der Waals surface area contributed by atoms with Crippen LogP contribution >= 0.6 is 0 Å². The molecule has 0 aliphatic carbocycles. The van der Waals surface area contributed by atoms with Crippen LogP contribution in [0, 0.1) is 47.3 Å². The minimum Gasteiger partial charge on any atom is -0.458 e. The van der Waals surface area contributed by atoms with Gasteiger partial charge in [0.2, 0.25) is 65.0 Å². The fourth-order valence-corrected chi connectivity index (χ4v) is 11.8. The number of allylic oxidation sites excluding steroid dienone is 1. The quantitative estimate of drug-likeness (QED) is 0.0329. The number of nitrogens with two attached hydrogens (primary N) is 2. The molecule has 1 aromatic rings. The van der Waals surface area contributed by atoms with E-state index in [0.29, 0.717) is 37.2 Å². The fourth-order valence-electron chi connectivity index (χ4n) is 11.8. The number of ketones is 1. The van der Waals surface area contributed by atoms with Crippen molar-refractivity contribution >= 4 is 82.6 Å². The van der Waals surface area contributed by atoms with Crippen LogP contribution in [0.2, 0.25) is 0 Å². The van der Waals surface area contributed by atoms with Crippen molar-refractivity contribution in [1.29, 1.82) is 0 Å². The maximum absolute atomic E-state index is 14.6. The van der Waals surface area contributed by atoms with Gasteiger partial charge >= 0.3 is 5.97 Å². The van der Waals surface area contributed by atoms with Crippen LogP contribution in [0.15, 0.2) is 42.1 Å². The topological polar surface area (TPSA) is 456 Å². The maximum atomic E-state index is 14.6. The van der Waals surface area contributed by atoms with E-state index in [9.17, 15) is 72.2 Å². The summed E-state index contributed by atoms with van der Waals surface area (Å²) in [4.78, 5) is 197. The van der Waals surface area contributed by atoms with Crippen molar-refractivity contribution < 1.29 is 77.0 Å². The molecule has 0 saturated carbocycles. The molecule has 16 N–H and O–H groups in total. The van der Waals surface area contributed by atoms with Crippen LogP contribution in [-0.4, -0.2) is 190 Å². The third kappa shape index (κ3) is 29.4. The number of likely N-dealkylation sites (tertiary alicyclic amines) is 1. The maximum Gasteiger partial charge on any atom is 0.329 e. The van der Waals surface area contributed by atoms with E-state index in [4.69, 9.17) is 16.2 Å². The van der Waals surface area contributed by atoms with Gasteiger partial charge in [-0.2, -0.15) is 0 Å². The lowest BCUT2D eigenvalue weighted by molar-refractivity contribution is -0.156. The fraction of sp³-hybridized carbons (Fsp3) is 0.711. The monoisotopic (exact) mass is 1490 g/mol. The number of esters is 1. The SMILES string of the molecule is C/C=C(\NC(=O)C(Cc1ccccc1)NC(=O)C(NC(=O)C(N)C(C)CC)C(C)C)C(=O)NC(C(=O)OC(C)C(NC(=O)C(NC(=O)C(CCCN)NC(=O)C1CCCN1C(=O)C(NC(=O)C(NC(=O)C(NC(=O)C(NC(=O)CCC(C)CC)C(C)C)C(C)O)C(C)C)C(C)C)C(C)CC)C(C)=O)C(C)C. The van der Waals surface area contributed by atoms with E-state index in [1.807, 2.05) is 27.7 Å². The van der Waals surface area contributed by atoms with Crippen LogP contribution in [0.4, 0.5) is 0 Å². The predicted molar refractivity (Wildman–Crippen MR) is 402 cm³/mol. The zero-order valence-corrected chi connectivity index (χ0v) is 66.3. The van der Waals surface area contributed by atoms with Crippen molar-refractivity contribution in [2.45, 2.75) is 287 Å². The number of rotatable bonds is 45. The summed E-state index contributed by atoms with van der Waals surface area (Å²) < 4.78 is 5.81. The molecule has 2 rings (SSSR count). The van der Waals surface area contributed by atoms with Crippen LogP contribution in [0.25, 0.3) is 0 Å². The second-order valence-electron chi connectivity index (χ2n) is 30.1. The van der Waals surface area contributed by atoms with Gasteiger partial charge < -0.3 is 84.7 Å². The summed E-state index contributed by atoms with van der Waals surface area (Å²) in [6, 6.07) is -6.31. The van der Waals surface area contributed by atoms with E-state index in [-0.39, 0.29) is 62.7 Å². The predicted octanol–water partition coefficient (Wildman–Crippen LogP) is 2.25. The van der Waals surface area contributed by atoms with Gasteiger partial charge in [0.1, 0.15) is 78.3 Å². The first kappa shape index (κ1) is 93.7. The number of nitrogens with zero attached hydrogens (tertiary/aromatic N) is 1. The van der Waals surface area contributed by atoms with Gasteiger partial charge in [0, 0.05) is 19.4 Å². The molecule has 1 aliphatic heterocycles. The number of hydrogen-bond acceptors (Lipinski definition) is 18. The van der Waals surface area contributed by atoms with E-state index in [1.54, 1.807) is 113 Å². The Balaban J connectivity index is 2.33. The smallest absolute Gasteiger partial charge is 0.329 e. The Kier molecular flexibility index (Phi) is 40.6. The molecule has 0 radical (unpaired) electrons. The molecule has 0 spiro atoms. The van der Waals surface area contributed by atoms with E-state index in [1.165, 1.54) is 31.7 Å². The number of Topliss-reactive ketones (excluding diaryl/α,β-unsaturated/α-hetero) is 1. The van der Waals surface area contributed by atoms with Crippen LogP contribution in [0.5, 0.6) is 0 Å². The second-order valence-corrected chi connectivity index (χ2v) is 30.1. The number of amides is 12. The van der Waals surface area contributed by atoms with Crippen molar-refractivity contribution in [3.8, 4) is 0 Å². The zero-order valence-electron chi connectivity index (χ0n) is 66.3. The molecule has 1 aliphatic rings. The van der Waals surface area contributed by atoms with Gasteiger partial charge in [-0.25, -0.2) is 4.79 Å². The minimum absolute atomic E-state index is 0.00896. The molecule has 30 heteroatoms. The van der Waals surface area contributed by atoms with E-state index in [0.717, 1.165) is 13.3 Å². The third-order valence-corrected chi connectivity index (χ3v) is 19.6. The largest absolute Gasteiger partial charge is 0.458 e. The number of ether oxygens (including phenoxy) is 1. The Hall–Kier alpha value is -8.38. The molecule has 106 heavy (non-hydrogen) atoms. The highest BCUT2D eigenvalue weighted by atomic mass is 16.5. The lowest BCUT2D eigenvalue weighted by Crippen LogP contribution is -2.63. The summed E-state index contributed by atoms with van der Waals surface area (Å²) in [7, 11) is 0. The van der Waals surface area contributed by atoms with Gasteiger partial charge in [-0.3, -0.25) is 62.3 Å². The van der Waals surface area contributed by atoms with E-state index >= 15 is 0 Å². The number of carbonyl (C=O) groups excluding carboxylic acids is 14. The molecule has 1 heterocycles. The van der Waals surface area contributed by atoms with Crippen LogP contribution in [0.1, 0.15) is 202 Å². The molecule has 0 bridgehead atoms. The van der Waals surface area contributed by atoms with Crippen LogP contribution in [-0.2, 0) is 78.3 Å². The summed E-state index contributed by atoms with van der Waals surface area (Å²) in [5.41, 5.74) is 12.5. The molecule has 1 aromatic carbocycles. The number of benzene rings is 1. The first-order valence-corrected chi connectivity index (χ1v) is 37.8. The van der Waals surface area contributed by atoms with E-state index < -0.39 is 197 Å². The minimum atomic E-state index is -1.56. The molecule has 17 unspecified atom stereocenters. The summed E-state index contributed by atoms with van der Waals surface area (Å²) in [5, 5.41) is 40.3. The zero-order chi connectivity index (χ0) is 80.7. The Morgan fingerprint density at radius 3 is 1.52 bits per heavy atom. The standard InChI is InChI=1S/C76H128N14O16/c1-21-44(15)34-35-55(93)82-57(39(5)6)71(100)89-64(48(19)92)74(103)84-59(41(9)10)72(101)85-60(42(11)12)75(104)90-37-29-33-54(90)68(97)80-52(32-28-36-77)66(95)87-62(46(17)23-3)73(102)88-63(47(18)91)49(20)106-76(105)61(43(13)14)86-65(94)51(24-4)79-67(96)53(38-50-30-26-25-27-31-50)81-70(99)58(40(7)8)83-69(98)56(78)45(16)22-2/h24-27,30-31,39-46,48-49,52-54,56-64,92H,21-23,28-29,32-38,77-78H2,1-20H3,(H,79,96)(H,80,97)(H,81,99)(H,82,93)(H,83,98)(H,84,103)(H,85,101)(H,86,94)(H,87,95)(H,88,102)(H,89,100)/b51-24-. The van der Waals surface area contributed by atoms with E-state index in [2.05, 4.69) is 58.5 Å². The molecule has 12 amide bonds. The van der Waals surface area contributed by atoms with Crippen molar-refractivity contribution in [2.24, 2.45) is 58.8 Å². The highest BCUT2D eigenvalue weighted by Crippen LogP contribution is 2.23. The van der Waals surface area contributed by atoms with Gasteiger partial charge in [0.25, 0.3) is 5.91 Å². The molecular formula is C76H128N14O16. The highest BCUT2D eigenvalue weighted by molar-refractivity contribution is 6.02. The Morgan fingerprint density at radius 2 is 1.02 bits per heavy atom. The molecule has 30 nitrogen and oxygen atoms in total. The molecule has 1 fully saturated rings. The molecular weight excluding hydrogens is 1360 g/mol. The Bertz CT molecular complexity index is 3140. The van der Waals surface area contributed by atoms with Gasteiger partial charge in [0.15, 0.2) is 5.78 Å². The van der Waals surface area contributed by atoms with Crippen molar-refractivity contribution in [3.63, 3.8) is 0 Å². The first-order valence-electron chi connectivity index (χ1n) is 37.8. The third-order valence-electron chi connectivity index (χ3n) is 19.6. The first-order chi connectivity index (χ1) is 49.6. The summed E-state index contributed by atoms with van der Waals surface area (Å²) in [6.07, 6.45) is 1.81. The average molecular weight is 1490 g/mol. The molecule has 1 saturated heterocycles. The normalized spacial score (nSPS) is 17.7. The lowest BCUT2D eigenvalue weighted by Gasteiger charge is -2.33. The van der Waals surface area contributed by atoms with Gasteiger partial charge in [-0.15, -0.1) is 0 Å². The van der Waals surface area contributed by atoms with Crippen molar-refractivity contribution in [1.82, 2.24) is 63.4 Å². The highest BCUT2D eigenvalue weighted by Gasteiger charge is 2.43. The van der Waals surface area contributed by atoms with Gasteiger partial charge in [-0.1, -0.05) is 166 Å². The van der Waals surface area contributed by atoms with Crippen molar-refractivity contribution in [3.05, 3.63) is 47.7 Å². The second kappa shape index (κ2) is 46.0. The van der Waals surface area contributed by atoms with Crippen LogP contribution < -0.4 is 70.0 Å². The number of hydrogen-bond donors (Lipinski definition) is 14. The summed E-state index contributed by atoms with van der Waals surface area (Å²) >= 11 is 0. The summed E-state index contributed by atoms with van der Waals surface area (Å²) in [5.74, 6) is -13.4. The van der Waals surface area contributed by atoms with Crippen molar-refractivity contribution in [2.75, 3.05) is 13.1 Å². The Morgan fingerprint density at radius 1 is 0.538 bits per heavy atom. The molecule has 598 valence electrons. The number of carbonyl (C=O) groups is 14. The van der Waals surface area contributed by atoms with Gasteiger partial charge in [-0.05, 0) is 119 Å². The number of aliphatic hydroxyl groups is 1. The molecule has 17 atom stereocenters. The average Bonchev–Trinajstić information content (AvgIpc) is 1.58. The van der Waals surface area contributed by atoms with Gasteiger partial charge in [0.05, 0.1) is 12.1 Å². The summed E-state index contributed by atoms with van der Waals surface area (Å²) in [6.45, 7) is 33.4. The number of nitrogens with one attached hydrogen (secondary N) is 11. The molecule has 0 aromatic heterocycles. The Labute approximate surface area is 627 Å². The lowest BCUT2D eigenvalue weighted by atomic mass is 9.96. The number of aliphatic hydroxyl groups excluding tert-OH is 1. The van der Waals surface area contributed by atoms with Crippen LogP contribution in [0.3, 0.4) is 0 Å².